The van der Waals surface area contributed by atoms with Crippen molar-refractivity contribution < 1.29 is 43.7 Å². The van der Waals surface area contributed by atoms with E-state index in [1.807, 2.05) is 24.3 Å². The number of amides is 1. The summed E-state index contributed by atoms with van der Waals surface area (Å²) in [7, 11) is 1.32. The molecule has 0 aromatic heterocycles. The van der Waals surface area contributed by atoms with Gasteiger partial charge in [0.25, 0.3) is 0 Å². The van der Waals surface area contributed by atoms with E-state index in [1.54, 1.807) is 6.07 Å². The number of Topliss-reactive ketones (excluding diaryl/α,β-unsaturated/α-hetero) is 4. The van der Waals surface area contributed by atoms with Crippen LogP contribution in [0.1, 0.15) is 40.7 Å². The van der Waals surface area contributed by atoms with Gasteiger partial charge >= 0.3 is 5.97 Å². The molecule has 10 nitrogen and oxygen atoms in total. The van der Waals surface area contributed by atoms with Gasteiger partial charge < -0.3 is 20.7 Å². The number of benzene rings is 2. The van der Waals surface area contributed by atoms with Crippen molar-refractivity contribution in [2.45, 2.75) is 37.7 Å². The molecule has 4 N–H and O–H groups in total. The van der Waals surface area contributed by atoms with Crippen molar-refractivity contribution >= 4 is 35.0 Å². The predicted octanol–water partition coefficient (Wildman–Crippen LogP) is 1.10. The minimum atomic E-state index is -2.68. The zero-order valence-corrected chi connectivity index (χ0v) is 21.1. The first-order valence-electron chi connectivity index (χ1n) is 12.7. The van der Waals surface area contributed by atoms with E-state index < -0.39 is 58.3 Å². The van der Waals surface area contributed by atoms with Gasteiger partial charge in [-0.05, 0) is 53.5 Å². The van der Waals surface area contributed by atoms with Crippen molar-refractivity contribution in [3.05, 3.63) is 53.1 Å². The van der Waals surface area contributed by atoms with Crippen molar-refractivity contribution in [1.82, 2.24) is 0 Å². The van der Waals surface area contributed by atoms with Gasteiger partial charge in [-0.3, -0.25) is 28.8 Å². The Morgan fingerprint density at radius 2 is 1.82 bits per heavy atom. The van der Waals surface area contributed by atoms with E-state index >= 15 is 0 Å². The number of carbonyl (C=O) groups excluding carboxylic acids is 6. The average molecular weight is 534 g/mol. The molecule has 0 aliphatic heterocycles. The number of primary amides is 1. The van der Waals surface area contributed by atoms with Crippen LogP contribution in [0.15, 0.2) is 36.4 Å². The van der Waals surface area contributed by atoms with Crippen LogP contribution in [0.4, 0.5) is 0 Å². The first kappa shape index (κ1) is 26.4. The molecule has 0 bridgehead atoms. The molecule has 1 amide bonds. The first-order chi connectivity index (χ1) is 18.5. The van der Waals surface area contributed by atoms with Gasteiger partial charge in [0, 0.05) is 18.8 Å². The number of ketones is 4. The second kappa shape index (κ2) is 9.53. The maximum absolute atomic E-state index is 13.7. The van der Waals surface area contributed by atoms with Gasteiger partial charge in [0.15, 0.2) is 34.7 Å². The van der Waals surface area contributed by atoms with Gasteiger partial charge in [0.1, 0.15) is 5.75 Å². The number of aryl methyl sites for hydroxylation is 1. The second-order valence-electron chi connectivity index (χ2n) is 10.5. The number of hydrogen-bond donors (Lipinski definition) is 3. The van der Waals surface area contributed by atoms with Crippen molar-refractivity contribution in [3.63, 3.8) is 0 Å². The van der Waals surface area contributed by atoms with Crippen LogP contribution in [-0.2, 0) is 41.6 Å². The van der Waals surface area contributed by atoms with E-state index in [0.717, 1.165) is 11.1 Å². The summed E-state index contributed by atoms with van der Waals surface area (Å²) in [5.41, 5.74) is 5.26. The highest BCUT2D eigenvalue weighted by Crippen LogP contribution is 2.51. The van der Waals surface area contributed by atoms with E-state index in [0.29, 0.717) is 17.5 Å². The van der Waals surface area contributed by atoms with Gasteiger partial charge in [-0.25, -0.2) is 0 Å². The summed E-state index contributed by atoms with van der Waals surface area (Å²) in [6, 6.07) is 10.4. The summed E-state index contributed by atoms with van der Waals surface area (Å²) in [5.74, 6) is -10.8. The Morgan fingerprint density at radius 1 is 1.08 bits per heavy atom. The summed E-state index contributed by atoms with van der Waals surface area (Å²) >= 11 is 0. The molecular formula is C29H27NO9. The molecule has 0 saturated heterocycles. The molecule has 2 unspecified atom stereocenters. The monoisotopic (exact) mass is 533 g/mol. The largest absolute Gasteiger partial charge is 0.507 e. The summed E-state index contributed by atoms with van der Waals surface area (Å²) in [6.45, 7) is 0. The molecule has 0 spiro atoms. The molecule has 202 valence electrons. The van der Waals surface area contributed by atoms with Crippen molar-refractivity contribution in [2.24, 2.45) is 29.4 Å². The first-order valence-corrected chi connectivity index (χ1v) is 12.7. The zero-order valence-electron chi connectivity index (χ0n) is 21.1. The fourth-order valence-electron chi connectivity index (χ4n) is 6.48. The van der Waals surface area contributed by atoms with Gasteiger partial charge in [-0.15, -0.1) is 0 Å². The lowest BCUT2D eigenvalue weighted by Gasteiger charge is -2.48. The van der Waals surface area contributed by atoms with Gasteiger partial charge in [-0.1, -0.05) is 30.3 Å². The van der Waals surface area contributed by atoms with Gasteiger partial charge in [0.05, 0.1) is 18.6 Å². The fourth-order valence-corrected chi connectivity index (χ4v) is 6.48. The number of fused-ring (bicyclic) bond motifs is 3. The highest BCUT2D eigenvalue weighted by atomic mass is 16.5. The molecule has 10 heteroatoms. The lowest BCUT2D eigenvalue weighted by atomic mass is 9.53. The number of aromatic hydroxyl groups is 1. The highest BCUT2D eigenvalue weighted by molar-refractivity contribution is 6.31. The Labute approximate surface area is 223 Å². The zero-order chi connectivity index (χ0) is 28.2. The van der Waals surface area contributed by atoms with Crippen LogP contribution in [-0.4, -0.2) is 57.9 Å². The number of carbonyl (C=O) groups is 6. The van der Waals surface area contributed by atoms with E-state index in [4.69, 9.17) is 10.5 Å². The molecule has 0 heterocycles. The van der Waals surface area contributed by atoms with Crippen LogP contribution >= 0.6 is 0 Å². The number of esters is 1. The van der Waals surface area contributed by atoms with E-state index in [1.165, 1.54) is 13.2 Å². The molecule has 5 rings (SSSR count). The Bertz CT molecular complexity index is 1460. The molecule has 3 aliphatic rings. The smallest absolute Gasteiger partial charge is 0.305 e. The number of aliphatic hydroxyl groups is 1. The van der Waals surface area contributed by atoms with Crippen LogP contribution in [0.5, 0.6) is 5.75 Å². The minimum Gasteiger partial charge on any atom is -0.507 e. The van der Waals surface area contributed by atoms with E-state index in [9.17, 15) is 39.0 Å². The summed E-state index contributed by atoms with van der Waals surface area (Å²) in [4.78, 5) is 76.3. The molecule has 39 heavy (non-hydrogen) atoms. The molecular weight excluding hydrogens is 506 g/mol. The number of hydrogen-bond acceptors (Lipinski definition) is 9. The lowest BCUT2D eigenvalue weighted by Crippen LogP contribution is -2.68. The standard InChI is InChI=1S/C29H27NO9/c1-39-21(33)8-5-13-3-2-4-14(9-13)17-6-7-19(31)23-18(17)11-15-10-16-12-20(32)24(28(30)37)27(36)29(16,38)26(35)22(15)25(23)34/h2-4,6-7,9,15-16,22,24,31,38H,5,8,10-12H2,1H3,(H2,30,37)/t15-,16+,22?,24?,29+/m1/s1. The van der Waals surface area contributed by atoms with Crippen molar-refractivity contribution in [1.29, 1.82) is 0 Å². The predicted molar refractivity (Wildman–Crippen MR) is 134 cm³/mol. The Kier molecular flexibility index (Phi) is 6.46. The average Bonchev–Trinajstić information content (AvgIpc) is 2.89. The number of methoxy groups -OCH3 is 1. The Morgan fingerprint density at radius 3 is 2.51 bits per heavy atom. The summed E-state index contributed by atoms with van der Waals surface area (Å²) in [6.07, 6.45) is 0.446. The summed E-state index contributed by atoms with van der Waals surface area (Å²) in [5, 5.41) is 22.0. The van der Waals surface area contributed by atoms with E-state index in [2.05, 4.69) is 0 Å². The second-order valence-corrected chi connectivity index (χ2v) is 10.5. The number of phenols is 1. The number of ether oxygens (including phenoxy) is 1. The SMILES string of the molecule is COC(=O)CCc1cccc(-c2ccc(O)c3c2C[C@H]2C[C@H]4CC(=O)C(C(N)=O)C(=O)[C@@]4(O)C(=O)C2C3=O)c1. The fraction of sp³-hybridized carbons (Fsp3) is 0.379. The van der Waals surface area contributed by atoms with Crippen LogP contribution in [0.2, 0.25) is 0 Å². The lowest BCUT2D eigenvalue weighted by molar-refractivity contribution is -0.175. The number of nitrogens with two attached hydrogens (primary N) is 1. The van der Waals surface area contributed by atoms with Gasteiger partial charge in [0.2, 0.25) is 5.91 Å². The van der Waals surface area contributed by atoms with E-state index in [-0.39, 0.29) is 43.0 Å². The number of phenolic OH excluding ortho intramolecular Hbond substituents is 1. The molecule has 5 atom stereocenters. The molecule has 2 saturated carbocycles. The summed E-state index contributed by atoms with van der Waals surface area (Å²) < 4.78 is 4.71. The Balaban J connectivity index is 1.54. The number of rotatable bonds is 5. The minimum absolute atomic E-state index is 0.0231. The normalized spacial score (nSPS) is 27.8. The van der Waals surface area contributed by atoms with Crippen LogP contribution in [0.25, 0.3) is 11.1 Å². The van der Waals surface area contributed by atoms with Crippen molar-refractivity contribution in [3.8, 4) is 16.9 Å². The molecule has 0 radical (unpaired) electrons. The Hall–Kier alpha value is -4.18. The molecule has 2 aromatic rings. The van der Waals surface area contributed by atoms with Gasteiger partial charge in [-0.2, -0.15) is 0 Å². The van der Waals surface area contributed by atoms with Crippen molar-refractivity contribution in [2.75, 3.05) is 7.11 Å². The third kappa shape index (κ3) is 4.06. The van der Waals surface area contributed by atoms with Crippen LogP contribution < -0.4 is 5.73 Å². The third-order valence-electron chi connectivity index (χ3n) is 8.37. The van der Waals surface area contributed by atoms with Crippen LogP contribution in [0, 0.1) is 23.7 Å². The third-order valence-corrected chi connectivity index (χ3v) is 8.37. The topological polar surface area (TPSA) is 178 Å². The molecule has 3 aliphatic carbocycles. The highest BCUT2D eigenvalue weighted by Gasteiger charge is 2.66. The van der Waals surface area contributed by atoms with Crippen LogP contribution in [0.3, 0.4) is 0 Å². The maximum Gasteiger partial charge on any atom is 0.305 e. The molecule has 2 aromatic carbocycles. The maximum atomic E-state index is 13.7. The molecule has 2 fully saturated rings. The quantitative estimate of drug-likeness (QED) is 0.375.